The summed E-state index contributed by atoms with van der Waals surface area (Å²) >= 11 is 0. The lowest BCUT2D eigenvalue weighted by Crippen LogP contribution is -2.61. The summed E-state index contributed by atoms with van der Waals surface area (Å²) in [5.74, 6) is -0.493. The zero-order valence-corrected chi connectivity index (χ0v) is 19.2. The van der Waals surface area contributed by atoms with Crippen molar-refractivity contribution in [3.63, 3.8) is 0 Å². The molecule has 0 rings (SSSR count). The molecule has 0 N–H and O–H groups in total. The lowest BCUT2D eigenvalue weighted by atomic mass is 10.5. The number of hydrogen-bond acceptors (Lipinski definition) is 5. The standard InChI is InChI=1S/C15H34O5Si3/c1-11-14(16)17-13(3)18-15(12-2)23(10,19-21(4,5)6)20-22(7,8)9/h11,13,15H,1,12H2,2-10H3. The molecule has 8 heteroatoms. The van der Waals surface area contributed by atoms with Crippen LogP contribution in [0.5, 0.6) is 0 Å². The Kier molecular flexibility index (Phi) is 8.63. The van der Waals surface area contributed by atoms with Gasteiger partial charge in [-0.2, -0.15) is 0 Å². The van der Waals surface area contributed by atoms with Gasteiger partial charge in [0.05, 0.1) is 0 Å². The Labute approximate surface area is 144 Å². The number of ether oxygens (including phenoxy) is 2. The quantitative estimate of drug-likeness (QED) is 0.247. The summed E-state index contributed by atoms with van der Waals surface area (Å²) in [6, 6.07) is 0. The van der Waals surface area contributed by atoms with Crippen LogP contribution in [0.15, 0.2) is 12.7 Å². The molecular weight excluding hydrogens is 344 g/mol. The van der Waals surface area contributed by atoms with Crippen molar-refractivity contribution in [3.8, 4) is 0 Å². The monoisotopic (exact) mass is 378 g/mol. The first-order valence-electron chi connectivity index (χ1n) is 8.11. The van der Waals surface area contributed by atoms with Crippen molar-refractivity contribution in [2.45, 2.75) is 78.1 Å². The average molecular weight is 379 g/mol. The Morgan fingerprint density at radius 2 is 1.48 bits per heavy atom. The maximum atomic E-state index is 11.3. The molecule has 0 saturated carbocycles. The van der Waals surface area contributed by atoms with E-state index in [1.54, 1.807) is 6.92 Å². The highest BCUT2D eigenvalue weighted by Gasteiger charge is 2.47. The molecule has 0 radical (unpaired) electrons. The molecule has 0 aliphatic rings. The van der Waals surface area contributed by atoms with Crippen LogP contribution in [-0.4, -0.2) is 43.2 Å². The Morgan fingerprint density at radius 3 is 1.78 bits per heavy atom. The lowest BCUT2D eigenvalue weighted by Gasteiger charge is -2.43. The minimum Gasteiger partial charge on any atom is -0.435 e. The molecule has 2 atom stereocenters. The van der Waals surface area contributed by atoms with Gasteiger partial charge < -0.3 is 17.7 Å². The minimum absolute atomic E-state index is 0.200. The van der Waals surface area contributed by atoms with E-state index in [0.29, 0.717) is 0 Å². The predicted molar refractivity (Wildman–Crippen MR) is 101 cm³/mol. The van der Waals surface area contributed by atoms with Crippen molar-refractivity contribution in [1.29, 1.82) is 0 Å². The second-order valence-corrected chi connectivity index (χ2v) is 20.4. The van der Waals surface area contributed by atoms with Crippen molar-refractivity contribution in [2.24, 2.45) is 0 Å². The van der Waals surface area contributed by atoms with Crippen molar-refractivity contribution >= 4 is 31.2 Å². The van der Waals surface area contributed by atoms with E-state index in [0.717, 1.165) is 12.5 Å². The zero-order valence-electron chi connectivity index (χ0n) is 16.2. The highest BCUT2D eigenvalue weighted by molar-refractivity contribution is 6.88. The van der Waals surface area contributed by atoms with Gasteiger partial charge in [0.2, 0.25) is 6.29 Å². The van der Waals surface area contributed by atoms with Crippen molar-refractivity contribution < 1.29 is 22.5 Å². The molecule has 23 heavy (non-hydrogen) atoms. The van der Waals surface area contributed by atoms with Crippen LogP contribution in [0.4, 0.5) is 0 Å². The molecule has 0 saturated heterocycles. The van der Waals surface area contributed by atoms with Gasteiger partial charge in [0.15, 0.2) is 16.6 Å². The molecular formula is C15H34O5Si3. The van der Waals surface area contributed by atoms with Gasteiger partial charge in [0.1, 0.15) is 5.73 Å². The molecule has 0 aromatic carbocycles. The number of carbonyl (C=O) groups excluding carboxylic acids is 1. The molecule has 0 aromatic rings. The van der Waals surface area contributed by atoms with E-state index in [2.05, 4.69) is 52.4 Å². The van der Waals surface area contributed by atoms with Crippen molar-refractivity contribution in [1.82, 2.24) is 0 Å². The van der Waals surface area contributed by atoms with Gasteiger partial charge in [-0.3, -0.25) is 0 Å². The van der Waals surface area contributed by atoms with Crippen molar-refractivity contribution in [3.05, 3.63) is 12.7 Å². The molecule has 0 bridgehead atoms. The fourth-order valence-electron chi connectivity index (χ4n) is 2.43. The van der Waals surface area contributed by atoms with Crippen molar-refractivity contribution in [2.75, 3.05) is 0 Å². The van der Waals surface area contributed by atoms with Crippen LogP contribution >= 0.6 is 0 Å². The number of esters is 1. The minimum atomic E-state index is -2.59. The maximum Gasteiger partial charge on any atom is 0.344 e. The van der Waals surface area contributed by atoms with Gasteiger partial charge >= 0.3 is 14.5 Å². The third-order valence-corrected chi connectivity index (χ3v) is 12.6. The Bertz CT molecular complexity index is 385. The Morgan fingerprint density at radius 1 is 1.04 bits per heavy atom. The van der Waals surface area contributed by atoms with Crippen LogP contribution in [0.2, 0.25) is 45.8 Å². The second kappa shape index (κ2) is 8.72. The highest BCUT2D eigenvalue weighted by Crippen LogP contribution is 2.27. The summed E-state index contributed by atoms with van der Waals surface area (Å²) in [7, 11) is -6.20. The largest absolute Gasteiger partial charge is 0.435 e. The van der Waals surface area contributed by atoms with Crippen LogP contribution in [-0.2, 0) is 22.5 Å². The number of carbonyl (C=O) groups is 1. The summed E-state index contributed by atoms with van der Waals surface area (Å²) in [6.07, 6.45) is 1.22. The topological polar surface area (TPSA) is 54.0 Å². The lowest BCUT2D eigenvalue weighted by molar-refractivity contribution is -0.174. The van der Waals surface area contributed by atoms with E-state index < -0.39 is 37.5 Å². The van der Waals surface area contributed by atoms with Gasteiger partial charge in [-0.25, -0.2) is 4.79 Å². The summed E-state index contributed by atoms with van der Waals surface area (Å²) < 4.78 is 24.1. The molecule has 0 fully saturated rings. The summed E-state index contributed by atoms with van der Waals surface area (Å²) in [5.41, 5.74) is -0.200. The van der Waals surface area contributed by atoms with Gasteiger partial charge in [-0.15, -0.1) is 0 Å². The molecule has 0 spiro atoms. The number of rotatable bonds is 10. The van der Waals surface area contributed by atoms with Crippen LogP contribution in [0, 0.1) is 0 Å². The normalized spacial score (nSPS) is 15.9. The van der Waals surface area contributed by atoms with Gasteiger partial charge in [0, 0.05) is 6.08 Å². The molecule has 2 unspecified atom stereocenters. The number of hydrogen-bond donors (Lipinski definition) is 0. The summed E-state index contributed by atoms with van der Waals surface area (Å²) in [6.45, 7) is 22.1. The Balaban J connectivity index is 5.29. The molecule has 0 aliphatic heterocycles. The Hall–Kier alpha value is -0.259. The first kappa shape index (κ1) is 22.7. The first-order chi connectivity index (χ1) is 10.2. The van der Waals surface area contributed by atoms with E-state index >= 15 is 0 Å². The van der Waals surface area contributed by atoms with Gasteiger partial charge in [-0.05, 0) is 59.2 Å². The molecule has 0 aromatic heterocycles. The van der Waals surface area contributed by atoms with E-state index in [-0.39, 0.29) is 5.73 Å². The van der Waals surface area contributed by atoms with Crippen LogP contribution < -0.4 is 0 Å². The maximum absolute atomic E-state index is 11.3. The fourth-order valence-corrected chi connectivity index (χ4v) is 14.9. The molecule has 0 aliphatic carbocycles. The van der Waals surface area contributed by atoms with Crippen LogP contribution in [0.1, 0.15) is 20.3 Å². The van der Waals surface area contributed by atoms with Gasteiger partial charge in [0.25, 0.3) is 0 Å². The third kappa shape index (κ3) is 9.58. The first-order valence-corrected chi connectivity index (χ1v) is 17.3. The molecule has 5 nitrogen and oxygen atoms in total. The van der Waals surface area contributed by atoms with E-state index in [4.69, 9.17) is 17.7 Å². The van der Waals surface area contributed by atoms with Crippen LogP contribution in [0.25, 0.3) is 0 Å². The third-order valence-electron chi connectivity index (χ3n) is 2.78. The molecule has 0 amide bonds. The second-order valence-electron chi connectivity index (χ2n) is 7.69. The van der Waals surface area contributed by atoms with Gasteiger partial charge in [-0.1, -0.05) is 13.5 Å². The summed E-state index contributed by atoms with van der Waals surface area (Å²) in [4.78, 5) is 11.3. The van der Waals surface area contributed by atoms with E-state index in [1.807, 2.05) is 6.92 Å². The average Bonchev–Trinajstić information content (AvgIpc) is 2.30. The molecule has 0 heterocycles. The highest BCUT2D eigenvalue weighted by atomic mass is 28.5. The molecule has 136 valence electrons. The smallest absolute Gasteiger partial charge is 0.344 e. The zero-order chi connectivity index (χ0) is 18.5. The van der Waals surface area contributed by atoms with E-state index in [1.165, 1.54) is 0 Å². The predicted octanol–water partition coefficient (Wildman–Crippen LogP) is 4.17. The van der Waals surface area contributed by atoms with E-state index in [9.17, 15) is 4.79 Å². The summed E-state index contributed by atoms with van der Waals surface area (Å²) in [5, 5.41) is 0. The SMILES string of the molecule is C=CC(=O)OC(C)OC(CC)[Si](C)(O[Si](C)(C)C)O[Si](C)(C)C. The fraction of sp³-hybridized carbons (Fsp3) is 0.800. The van der Waals surface area contributed by atoms with Crippen LogP contribution in [0.3, 0.4) is 0 Å².